The highest BCUT2D eigenvalue weighted by atomic mass is 16.3. The maximum Gasteiger partial charge on any atom is 0.223 e. The first-order valence-corrected chi connectivity index (χ1v) is 4.75. The topological polar surface area (TPSA) is 49.3 Å². The van der Waals surface area contributed by atoms with Crippen LogP contribution in [0.4, 0.5) is 0 Å². The lowest BCUT2D eigenvalue weighted by molar-refractivity contribution is -0.134. The Kier molecular flexibility index (Phi) is 2.05. The van der Waals surface area contributed by atoms with E-state index in [-0.39, 0.29) is 23.8 Å². The van der Waals surface area contributed by atoms with Gasteiger partial charge in [-0.3, -0.25) is 4.79 Å². The zero-order chi connectivity index (χ0) is 8.55. The first kappa shape index (κ1) is 8.05. The van der Waals surface area contributed by atoms with Crippen LogP contribution in [0.2, 0.25) is 0 Å². The van der Waals surface area contributed by atoms with E-state index in [4.69, 9.17) is 0 Å². The summed E-state index contributed by atoms with van der Waals surface area (Å²) in [6.45, 7) is 0.458. The highest BCUT2D eigenvalue weighted by molar-refractivity contribution is 5.80. The number of rotatable bonds is 0. The highest BCUT2D eigenvalue weighted by Crippen LogP contribution is 2.34. The minimum Gasteiger partial charge on any atom is -0.391 e. The fourth-order valence-electron chi connectivity index (χ4n) is 2.43. The first-order valence-electron chi connectivity index (χ1n) is 4.75. The summed E-state index contributed by atoms with van der Waals surface area (Å²) in [5.41, 5.74) is 0. The van der Waals surface area contributed by atoms with Gasteiger partial charge in [0, 0.05) is 12.5 Å². The van der Waals surface area contributed by atoms with Crippen molar-refractivity contribution in [1.82, 2.24) is 5.32 Å². The molecule has 0 bridgehead atoms. The van der Waals surface area contributed by atoms with Crippen LogP contribution in [0.5, 0.6) is 0 Å². The van der Waals surface area contributed by atoms with Gasteiger partial charge in [-0.2, -0.15) is 0 Å². The molecule has 1 saturated carbocycles. The van der Waals surface area contributed by atoms with Crippen LogP contribution >= 0.6 is 0 Å². The summed E-state index contributed by atoms with van der Waals surface area (Å²) < 4.78 is 0. The third-order valence-electron chi connectivity index (χ3n) is 3.14. The van der Waals surface area contributed by atoms with Crippen molar-refractivity contribution in [3.8, 4) is 0 Å². The number of fused-ring (bicyclic) bond motifs is 1. The van der Waals surface area contributed by atoms with Crippen molar-refractivity contribution in [2.75, 3.05) is 6.54 Å². The Morgan fingerprint density at radius 3 is 2.83 bits per heavy atom. The molecule has 12 heavy (non-hydrogen) atoms. The second-order valence-electron chi connectivity index (χ2n) is 3.87. The quantitative estimate of drug-likeness (QED) is 0.547. The lowest BCUT2D eigenvalue weighted by Crippen LogP contribution is -2.51. The number of piperidine rings is 1. The predicted octanol–water partition coefficient (Wildman–Crippen LogP) is 0.283. The lowest BCUT2D eigenvalue weighted by atomic mass is 9.74. The Hall–Kier alpha value is -0.570. The van der Waals surface area contributed by atoms with Gasteiger partial charge in [0.2, 0.25) is 5.91 Å². The molecule has 0 aromatic carbocycles. The van der Waals surface area contributed by atoms with Crippen LogP contribution in [0, 0.1) is 11.8 Å². The molecule has 0 aromatic heterocycles. The predicted molar refractivity (Wildman–Crippen MR) is 44.5 cm³/mol. The summed E-state index contributed by atoms with van der Waals surface area (Å²) in [6.07, 6.45) is 4.01. The Labute approximate surface area is 72.2 Å². The van der Waals surface area contributed by atoms with E-state index in [1.165, 1.54) is 6.42 Å². The van der Waals surface area contributed by atoms with E-state index in [1.54, 1.807) is 0 Å². The van der Waals surface area contributed by atoms with Gasteiger partial charge in [-0.15, -0.1) is 0 Å². The maximum absolute atomic E-state index is 11.4. The van der Waals surface area contributed by atoms with Crippen LogP contribution in [-0.2, 0) is 4.79 Å². The Morgan fingerprint density at radius 1 is 1.33 bits per heavy atom. The minimum atomic E-state index is -0.298. The number of amides is 1. The van der Waals surface area contributed by atoms with Gasteiger partial charge >= 0.3 is 0 Å². The number of hydrogen-bond acceptors (Lipinski definition) is 2. The molecule has 0 spiro atoms. The molecule has 3 atom stereocenters. The molecule has 1 heterocycles. The molecule has 2 rings (SSSR count). The third kappa shape index (κ3) is 1.22. The van der Waals surface area contributed by atoms with E-state index in [9.17, 15) is 9.90 Å². The molecule has 1 saturated heterocycles. The van der Waals surface area contributed by atoms with Crippen molar-refractivity contribution < 1.29 is 9.90 Å². The van der Waals surface area contributed by atoms with Gasteiger partial charge in [0.05, 0.1) is 6.10 Å². The number of β-amino-alcohol motifs (C(OH)–C–C–N with tert-alkyl or cyclic N) is 1. The van der Waals surface area contributed by atoms with Gasteiger partial charge in [-0.1, -0.05) is 12.8 Å². The van der Waals surface area contributed by atoms with Gasteiger partial charge < -0.3 is 10.4 Å². The molecule has 0 radical (unpaired) electrons. The number of aliphatic hydroxyl groups excluding tert-OH is 1. The van der Waals surface area contributed by atoms with Crippen molar-refractivity contribution in [3.05, 3.63) is 0 Å². The summed E-state index contributed by atoms with van der Waals surface area (Å²) in [4.78, 5) is 11.4. The molecular formula is C9H15NO2. The highest BCUT2D eigenvalue weighted by Gasteiger charge is 2.38. The average Bonchev–Trinajstić information content (AvgIpc) is 2.12. The normalized spacial score (nSPS) is 41.8. The van der Waals surface area contributed by atoms with Crippen molar-refractivity contribution in [2.45, 2.75) is 31.8 Å². The summed E-state index contributed by atoms with van der Waals surface area (Å²) in [5.74, 6) is 0.500. The van der Waals surface area contributed by atoms with E-state index < -0.39 is 0 Å². The minimum absolute atomic E-state index is 0.0995. The fraction of sp³-hybridized carbons (Fsp3) is 0.889. The number of nitrogens with one attached hydrogen (secondary N) is 1. The second-order valence-corrected chi connectivity index (χ2v) is 3.87. The van der Waals surface area contributed by atoms with E-state index in [0.29, 0.717) is 6.54 Å². The maximum atomic E-state index is 11.4. The summed E-state index contributed by atoms with van der Waals surface area (Å²) in [7, 11) is 0. The van der Waals surface area contributed by atoms with Crippen LogP contribution in [0.25, 0.3) is 0 Å². The fourth-order valence-corrected chi connectivity index (χ4v) is 2.43. The molecule has 1 unspecified atom stereocenters. The van der Waals surface area contributed by atoms with Crippen LogP contribution in [0.1, 0.15) is 25.7 Å². The van der Waals surface area contributed by atoms with E-state index in [1.807, 2.05) is 0 Å². The number of carbonyl (C=O) groups excluding carboxylic acids is 1. The van der Waals surface area contributed by atoms with Crippen LogP contribution in [0.3, 0.4) is 0 Å². The Morgan fingerprint density at radius 2 is 2.08 bits per heavy atom. The SMILES string of the molecule is O=C1NC[C@@H](O)[C@H]2CCCCC12. The molecule has 2 N–H and O–H groups in total. The summed E-state index contributed by atoms with van der Waals surface area (Å²) in [6, 6.07) is 0. The van der Waals surface area contributed by atoms with E-state index in [2.05, 4.69) is 5.32 Å². The molecule has 1 amide bonds. The molecule has 3 nitrogen and oxygen atoms in total. The van der Waals surface area contributed by atoms with E-state index in [0.717, 1.165) is 19.3 Å². The average molecular weight is 169 g/mol. The van der Waals surface area contributed by atoms with Crippen molar-refractivity contribution in [2.24, 2.45) is 11.8 Å². The molecule has 1 aliphatic heterocycles. The molecule has 2 aliphatic rings. The van der Waals surface area contributed by atoms with Crippen LogP contribution in [-0.4, -0.2) is 23.7 Å². The van der Waals surface area contributed by atoms with E-state index >= 15 is 0 Å². The third-order valence-corrected chi connectivity index (χ3v) is 3.14. The largest absolute Gasteiger partial charge is 0.391 e. The van der Waals surface area contributed by atoms with Crippen LogP contribution in [0.15, 0.2) is 0 Å². The van der Waals surface area contributed by atoms with Crippen molar-refractivity contribution >= 4 is 5.91 Å². The lowest BCUT2D eigenvalue weighted by Gasteiger charge is -2.38. The molecule has 0 aromatic rings. The van der Waals surface area contributed by atoms with Gasteiger partial charge in [-0.05, 0) is 18.8 Å². The second kappa shape index (κ2) is 3.05. The van der Waals surface area contributed by atoms with Crippen molar-refractivity contribution in [1.29, 1.82) is 0 Å². The van der Waals surface area contributed by atoms with Gasteiger partial charge in [0.15, 0.2) is 0 Å². The van der Waals surface area contributed by atoms with Gasteiger partial charge in [0.1, 0.15) is 0 Å². The van der Waals surface area contributed by atoms with Gasteiger partial charge in [0.25, 0.3) is 0 Å². The van der Waals surface area contributed by atoms with Crippen molar-refractivity contribution in [3.63, 3.8) is 0 Å². The Bertz CT molecular complexity index is 193. The first-order chi connectivity index (χ1) is 5.79. The zero-order valence-electron chi connectivity index (χ0n) is 7.12. The molecule has 3 heteroatoms. The monoisotopic (exact) mass is 169 g/mol. The molecule has 1 aliphatic carbocycles. The molecular weight excluding hydrogens is 154 g/mol. The summed E-state index contributed by atoms with van der Waals surface area (Å²) in [5, 5.41) is 12.3. The number of aliphatic hydroxyl groups is 1. The van der Waals surface area contributed by atoms with Crippen LogP contribution < -0.4 is 5.32 Å². The molecule has 2 fully saturated rings. The standard InChI is InChI=1S/C9H15NO2/c11-8-5-10-9(12)7-4-2-1-3-6(7)8/h6-8,11H,1-5H2,(H,10,12)/t6-,7?,8+/m0/s1. The Balaban J connectivity index is 2.11. The number of carbonyl (C=O) groups is 1. The number of hydrogen-bond donors (Lipinski definition) is 2. The van der Waals surface area contributed by atoms with Gasteiger partial charge in [-0.25, -0.2) is 0 Å². The smallest absolute Gasteiger partial charge is 0.223 e. The summed E-state index contributed by atoms with van der Waals surface area (Å²) >= 11 is 0. The molecule has 68 valence electrons. The zero-order valence-corrected chi connectivity index (χ0v) is 7.12.